The summed E-state index contributed by atoms with van der Waals surface area (Å²) >= 11 is 0. The van der Waals surface area contributed by atoms with Crippen molar-refractivity contribution in [3.63, 3.8) is 0 Å². The van der Waals surface area contributed by atoms with Crippen LogP contribution in [0.25, 0.3) is 0 Å². The van der Waals surface area contributed by atoms with Gasteiger partial charge >= 0.3 is 0 Å². The number of ether oxygens (including phenoxy) is 1. The van der Waals surface area contributed by atoms with Gasteiger partial charge in [-0.25, -0.2) is 0 Å². The average Bonchev–Trinajstić information content (AvgIpc) is 2.61. The molecule has 10 heavy (non-hydrogen) atoms. The van der Waals surface area contributed by atoms with E-state index in [1.807, 2.05) is 0 Å². The van der Waals surface area contributed by atoms with Gasteiger partial charge in [0.25, 0.3) is 0 Å². The Morgan fingerprint density at radius 3 is 2.60 bits per heavy atom. The Kier molecular flexibility index (Phi) is 2.69. The van der Waals surface area contributed by atoms with Crippen molar-refractivity contribution in [3.8, 4) is 0 Å². The summed E-state index contributed by atoms with van der Waals surface area (Å²) in [4.78, 5) is 0. The van der Waals surface area contributed by atoms with Crippen molar-refractivity contribution in [3.05, 3.63) is 0 Å². The maximum atomic E-state index is 8.69. The maximum Gasteiger partial charge on any atom is 0.0839 e. The second kappa shape index (κ2) is 3.35. The van der Waals surface area contributed by atoms with Gasteiger partial charge in [-0.3, -0.25) is 0 Å². The van der Waals surface area contributed by atoms with E-state index >= 15 is 0 Å². The first kappa shape index (κ1) is 8.02. The first-order chi connectivity index (χ1) is 4.74. The molecule has 1 saturated heterocycles. The molecule has 1 N–H and O–H groups in total. The van der Waals surface area contributed by atoms with Gasteiger partial charge in [-0.2, -0.15) is 0 Å². The topological polar surface area (TPSA) is 32.8 Å². The molecule has 3 atom stereocenters. The van der Waals surface area contributed by atoms with Crippen LogP contribution in [-0.2, 0) is 4.74 Å². The number of epoxide rings is 1. The summed E-state index contributed by atoms with van der Waals surface area (Å²) in [6.45, 7) is 4.46. The molecule has 3 unspecified atom stereocenters. The number of aliphatic hydroxyl groups is 1. The standard InChI is InChI=1S/C8H16O2/c1-6(5-9)3-4-8-7(2)10-8/h6-9H,3-5H2,1-2H3. The minimum absolute atomic E-state index is 0.307. The molecule has 1 heterocycles. The minimum Gasteiger partial charge on any atom is -0.396 e. The summed E-state index contributed by atoms with van der Waals surface area (Å²) in [5, 5.41) is 8.69. The highest BCUT2D eigenvalue weighted by Gasteiger charge is 2.33. The number of hydrogen-bond donors (Lipinski definition) is 1. The van der Waals surface area contributed by atoms with Crippen LogP contribution in [0, 0.1) is 5.92 Å². The molecule has 1 aliphatic rings. The van der Waals surface area contributed by atoms with Crippen LogP contribution in [0.2, 0.25) is 0 Å². The number of aliphatic hydroxyl groups excluding tert-OH is 1. The van der Waals surface area contributed by atoms with Crippen LogP contribution < -0.4 is 0 Å². The van der Waals surface area contributed by atoms with Crippen LogP contribution >= 0.6 is 0 Å². The molecule has 0 radical (unpaired) electrons. The Labute approximate surface area is 62.2 Å². The molecule has 1 aliphatic heterocycles. The zero-order valence-electron chi connectivity index (χ0n) is 6.71. The van der Waals surface area contributed by atoms with Crippen molar-refractivity contribution >= 4 is 0 Å². The Hall–Kier alpha value is -0.0800. The lowest BCUT2D eigenvalue weighted by molar-refractivity contribution is 0.224. The van der Waals surface area contributed by atoms with Crippen LogP contribution in [0.3, 0.4) is 0 Å². The molecule has 0 aliphatic carbocycles. The average molecular weight is 144 g/mol. The smallest absolute Gasteiger partial charge is 0.0839 e. The van der Waals surface area contributed by atoms with Crippen molar-refractivity contribution in [2.24, 2.45) is 5.92 Å². The molecular formula is C8H16O2. The van der Waals surface area contributed by atoms with Gasteiger partial charge in [0.2, 0.25) is 0 Å². The van der Waals surface area contributed by atoms with E-state index < -0.39 is 0 Å². The van der Waals surface area contributed by atoms with Gasteiger partial charge in [0, 0.05) is 6.61 Å². The fraction of sp³-hybridized carbons (Fsp3) is 1.00. The maximum absolute atomic E-state index is 8.69. The van der Waals surface area contributed by atoms with Gasteiger partial charge in [-0.05, 0) is 25.7 Å². The number of hydrogen-bond acceptors (Lipinski definition) is 2. The predicted molar refractivity (Wildman–Crippen MR) is 39.8 cm³/mol. The fourth-order valence-electron chi connectivity index (χ4n) is 1.07. The highest BCUT2D eigenvalue weighted by atomic mass is 16.6. The lowest BCUT2D eigenvalue weighted by atomic mass is 10.0. The van der Waals surface area contributed by atoms with Crippen LogP contribution in [0.15, 0.2) is 0 Å². The van der Waals surface area contributed by atoms with Crippen molar-refractivity contribution in [1.82, 2.24) is 0 Å². The van der Waals surface area contributed by atoms with Gasteiger partial charge in [-0.15, -0.1) is 0 Å². The Balaban J connectivity index is 1.95. The van der Waals surface area contributed by atoms with E-state index in [0.717, 1.165) is 12.8 Å². The van der Waals surface area contributed by atoms with Gasteiger partial charge in [-0.1, -0.05) is 6.92 Å². The van der Waals surface area contributed by atoms with E-state index in [0.29, 0.717) is 24.7 Å². The van der Waals surface area contributed by atoms with Crippen molar-refractivity contribution in [2.45, 2.75) is 38.9 Å². The highest BCUT2D eigenvalue weighted by molar-refractivity contribution is 4.80. The Morgan fingerprint density at radius 2 is 2.20 bits per heavy atom. The third kappa shape index (κ3) is 2.27. The zero-order chi connectivity index (χ0) is 7.56. The second-order valence-corrected chi connectivity index (χ2v) is 3.24. The molecule has 1 fully saturated rings. The van der Waals surface area contributed by atoms with Gasteiger partial charge in [0.1, 0.15) is 0 Å². The molecule has 2 heteroatoms. The van der Waals surface area contributed by atoms with Crippen LogP contribution in [0.4, 0.5) is 0 Å². The summed E-state index contributed by atoms with van der Waals surface area (Å²) in [5.74, 6) is 0.441. The molecule has 0 aromatic carbocycles. The molecule has 0 aromatic heterocycles. The normalized spacial score (nSPS) is 33.9. The first-order valence-corrected chi connectivity index (χ1v) is 4.00. The van der Waals surface area contributed by atoms with Gasteiger partial charge in [0.05, 0.1) is 12.2 Å². The van der Waals surface area contributed by atoms with Gasteiger partial charge < -0.3 is 9.84 Å². The van der Waals surface area contributed by atoms with Crippen LogP contribution in [0.5, 0.6) is 0 Å². The van der Waals surface area contributed by atoms with E-state index in [-0.39, 0.29) is 0 Å². The highest BCUT2D eigenvalue weighted by Crippen LogP contribution is 2.26. The van der Waals surface area contributed by atoms with E-state index in [1.54, 1.807) is 0 Å². The summed E-state index contributed by atoms with van der Waals surface area (Å²) in [6.07, 6.45) is 3.17. The molecular weight excluding hydrogens is 128 g/mol. The molecule has 0 aromatic rings. The molecule has 2 nitrogen and oxygen atoms in total. The van der Waals surface area contributed by atoms with Crippen LogP contribution in [0.1, 0.15) is 26.7 Å². The first-order valence-electron chi connectivity index (χ1n) is 4.00. The summed E-state index contributed by atoms with van der Waals surface area (Å²) in [7, 11) is 0. The second-order valence-electron chi connectivity index (χ2n) is 3.24. The molecule has 0 saturated carbocycles. The lowest BCUT2D eigenvalue weighted by Crippen LogP contribution is -2.02. The van der Waals surface area contributed by atoms with E-state index in [2.05, 4.69) is 13.8 Å². The molecule has 1 rings (SSSR count). The molecule has 60 valence electrons. The predicted octanol–water partition coefficient (Wildman–Crippen LogP) is 1.18. The summed E-state index contributed by atoms with van der Waals surface area (Å²) in [6, 6.07) is 0. The SMILES string of the molecule is CC(CO)CCC1OC1C. The quantitative estimate of drug-likeness (QED) is 0.601. The minimum atomic E-state index is 0.307. The summed E-state index contributed by atoms with van der Waals surface area (Å²) in [5.41, 5.74) is 0. The molecule has 0 bridgehead atoms. The van der Waals surface area contributed by atoms with Crippen LogP contribution in [-0.4, -0.2) is 23.9 Å². The Bertz CT molecular complexity index is 99.4. The lowest BCUT2D eigenvalue weighted by Gasteiger charge is -2.03. The monoisotopic (exact) mass is 144 g/mol. The fourth-order valence-corrected chi connectivity index (χ4v) is 1.07. The number of rotatable bonds is 4. The summed E-state index contributed by atoms with van der Waals surface area (Å²) < 4.78 is 5.23. The Morgan fingerprint density at radius 1 is 1.60 bits per heavy atom. The van der Waals surface area contributed by atoms with Crippen molar-refractivity contribution < 1.29 is 9.84 Å². The third-order valence-electron chi connectivity index (χ3n) is 2.09. The van der Waals surface area contributed by atoms with E-state index in [4.69, 9.17) is 9.84 Å². The zero-order valence-corrected chi connectivity index (χ0v) is 6.71. The van der Waals surface area contributed by atoms with Gasteiger partial charge in [0.15, 0.2) is 0 Å². The van der Waals surface area contributed by atoms with E-state index in [9.17, 15) is 0 Å². The third-order valence-corrected chi connectivity index (χ3v) is 2.09. The molecule has 0 spiro atoms. The van der Waals surface area contributed by atoms with E-state index in [1.165, 1.54) is 0 Å². The largest absolute Gasteiger partial charge is 0.396 e. The van der Waals surface area contributed by atoms with Crippen molar-refractivity contribution in [2.75, 3.05) is 6.61 Å². The van der Waals surface area contributed by atoms with Crippen molar-refractivity contribution in [1.29, 1.82) is 0 Å². The molecule has 0 amide bonds.